The van der Waals surface area contributed by atoms with Gasteiger partial charge in [0, 0.05) is 9.77 Å². The Labute approximate surface area is 109 Å². The van der Waals surface area contributed by atoms with Crippen LogP contribution in [0.3, 0.4) is 0 Å². The average molecular weight is 328 g/mol. The Morgan fingerprint density at radius 3 is 2.94 bits per heavy atom. The van der Waals surface area contributed by atoms with Gasteiger partial charge in [-0.25, -0.2) is 4.99 Å². The maximum atomic E-state index is 7.65. The highest BCUT2D eigenvalue weighted by molar-refractivity contribution is 14.1. The lowest BCUT2D eigenvalue weighted by molar-refractivity contribution is 0.614. The smallest absolute Gasteiger partial charge is 0.155 e. The standard InChI is InChI=1S/C11H13IN4/c1-4-7(5-2)16-6-8(12)9(11(16)14)10(13)15-3/h1,6-7,13H,3,5,14H2,2H3. The van der Waals surface area contributed by atoms with Crippen LogP contribution < -0.4 is 5.73 Å². The van der Waals surface area contributed by atoms with Gasteiger partial charge >= 0.3 is 0 Å². The molecule has 3 N–H and O–H groups in total. The van der Waals surface area contributed by atoms with Crippen molar-refractivity contribution in [2.24, 2.45) is 4.99 Å². The number of aromatic nitrogens is 1. The molecule has 1 aromatic heterocycles. The molecule has 0 spiro atoms. The minimum absolute atomic E-state index is 0.0764. The van der Waals surface area contributed by atoms with E-state index in [9.17, 15) is 0 Å². The van der Waals surface area contributed by atoms with E-state index >= 15 is 0 Å². The Morgan fingerprint density at radius 1 is 1.88 bits per heavy atom. The monoisotopic (exact) mass is 328 g/mol. The summed E-state index contributed by atoms with van der Waals surface area (Å²) in [6.45, 7) is 5.32. The van der Waals surface area contributed by atoms with Crippen LogP contribution in [0.25, 0.3) is 0 Å². The van der Waals surface area contributed by atoms with Crippen molar-refractivity contribution >= 4 is 41.0 Å². The molecule has 1 atom stereocenters. The number of aliphatic imine (C=N–C) groups is 1. The van der Waals surface area contributed by atoms with E-state index < -0.39 is 0 Å². The second-order valence-corrected chi connectivity index (χ2v) is 4.40. The number of halogens is 1. The van der Waals surface area contributed by atoms with Gasteiger partial charge in [0.05, 0.1) is 11.6 Å². The van der Waals surface area contributed by atoms with Crippen LogP contribution in [-0.4, -0.2) is 17.1 Å². The van der Waals surface area contributed by atoms with E-state index in [0.717, 1.165) is 9.99 Å². The van der Waals surface area contributed by atoms with Gasteiger partial charge < -0.3 is 10.3 Å². The van der Waals surface area contributed by atoms with Gasteiger partial charge in [-0.05, 0) is 35.7 Å². The topological polar surface area (TPSA) is 67.2 Å². The Morgan fingerprint density at radius 2 is 2.50 bits per heavy atom. The number of nitrogens with zero attached hydrogens (tertiary/aromatic N) is 2. The van der Waals surface area contributed by atoms with Gasteiger partial charge in [-0.2, -0.15) is 0 Å². The van der Waals surface area contributed by atoms with Crippen molar-refractivity contribution in [2.75, 3.05) is 5.73 Å². The molecule has 0 saturated heterocycles. The molecule has 0 aliphatic heterocycles. The molecule has 1 rings (SSSR count). The predicted octanol–water partition coefficient (Wildman–Crippen LogP) is 2.29. The lowest BCUT2D eigenvalue weighted by Gasteiger charge is -2.12. The van der Waals surface area contributed by atoms with E-state index in [4.69, 9.17) is 17.6 Å². The van der Waals surface area contributed by atoms with Crippen LogP contribution >= 0.6 is 22.6 Å². The molecule has 0 aromatic carbocycles. The highest BCUT2D eigenvalue weighted by Gasteiger charge is 2.18. The van der Waals surface area contributed by atoms with E-state index in [1.807, 2.05) is 13.1 Å². The van der Waals surface area contributed by atoms with Crippen molar-refractivity contribution in [3.05, 3.63) is 15.3 Å². The van der Waals surface area contributed by atoms with Gasteiger partial charge in [-0.3, -0.25) is 5.41 Å². The zero-order valence-electron chi connectivity index (χ0n) is 9.00. The van der Waals surface area contributed by atoms with Crippen molar-refractivity contribution in [2.45, 2.75) is 19.4 Å². The second-order valence-electron chi connectivity index (χ2n) is 3.24. The van der Waals surface area contributed by atoms with Crippen LogP contribution in [0, 0.1) is 21.3 Å². The summed E-state index contributed by atoms with van der Waals surface area (Å²) in [4.78, 5) is 3.59. The Kier molecular flexibility index (Phi) is 4.12. The molecule has 0 bridgehead atoms. The predicted molar refractivity (Wildman–Crippen MR) is 76.1 cm³/mol. The van der Waals surface area contributed by atoms with Gasteiger partial charge in [0.2, 0.25) is 0 Å². The minimum atomic E-state index is -0.0834. The van der Waals surface area contributed by atoms with Gasteiger partial charge in [0.25, 0.3) is 0 Å². The van der Waals surface area contributed by atoms with E-state index in [1.165, 1.54) is 0 Å². The molecule has 0 fully saturated rings. The molecular formula is C11H13IN4. The Bertz CT molecular complexity index is 467. The normalized spacial score (nSPS) is 11.8. The fourth-order valence-electron chi connectivity index (χ4n) is 1.47. The van der Waals surface area contributed by atoms with Crippen molar-refractivity contribution in [3.8, 4) is 12.3 Å². The molecule has 0 radical (unpaired) electrons. The first-order valence-electron chi connectivity index (χ1n) is 4.74. The molecule has 5 heteroatoms. The lowest BCUT2D eigenvalue weighted by Crippen LogP contribution is -2.10. The zero-order valence-corrected chi connectivity index (χ0v) is 11.2. The van der Waals surface area contributed by atoms with Crippen LogP contribution in [-0.2, 0) is 0 Å². The first-order chi connectivity index (χ1) is 7.56. The maximum absolute atomic E-state index is 7.65. The number of hydrogen-bond acceptors (Lipinski definition) is 2. The molecule has 0 amide bonds. The quantitative estimate of drug-likeness (QED) is 0.380. The van der Waals surface area contributed by atoms with Crippen molar-refractivity contribution in [1.82, 2.24) is 4.57 Å². The summed E-state index contributed by atoms with van der Waals surface area (Å²) in [5.41, 5.74) is 6.57. The highest BCUT2D eigenvalue weighted by Crippen LogP contribution is 2.27. The fourth-order valence-corrected chi connectivity index (χ4v) is 2.31. The van der Waals surface area contributed by atoms with Crippen LogP contribution in [0.1, 0.15) is 24.9 Å². The molecule has 84 valence electrons. The molecule has 1 heterocycles. The molecule has 16 heavy (non-hydrogen) atoms. The van der Waals surface area contributed by atoms with Gasteiger partial charge in [-0.1, -0.05) is 12.8 Å². The number of anilines is 1. The number of amidine groups is 1. The lowest BCUT2D eigenvalue weighted by atomic mass is 10.2. The zero-order chi connectivity index (χ0) is 12.3. The van der Waals surface area contributed by atoms with Crippen molar-refractivity contribution in [1.29, 1.82) is 5.41 Å². The summed E-state index contributed by atoms with van der Waals surface area (Å²) in [5, 5.41) is 7.65. The number of terminal acetylenes is 1. The summed E-state index contributed by atoms with van der Waals surface area (Å²) in [6, 6.07) is -0.0834. The summed E-state index contributed by atoms with van der Waals surface area (Å²) in [5.74, 6) is 3.22. The number of nitrogens with one attached hydrogen (secondary N) is 1. The molecule has 0 saturated carbocycles. The summed E-state index contributed by atoms with van der Waals surface area (Å²) >= 11 is 2.11. The third-order valence-electron chi connectivity index (χ3n) is 2.34. The number of nitrogens with two attached hydrogens (primary N) is 1. The fraction of sp³-hybridized carbons (Fsp3) is 0.273. The second kappa shape index (κ2) is 5.16. The highest BCUT2D eigenvalue weighted by atomic mass is 127. The van der Waals surface area contributed by atoms with Gasteiger partial charge in [-0.15, -0.1) is 6.42 Å². The first kappa shape index (κ1) is 12.8. The van der Waals surface area contributed by atoms with Crippen LogP contribution in [0.2, 0.25) is 0 Å². The number of rotatable bonds is 3. The molecule has 0 aliphatic carbocycles. The van der Waals surface area contributed by atoms with E-state index in [2.05, 4.69) is 40.2 Å². The Hall–Kier alpha value is -1.29. The average Bonchev–Trinajstić information content (AvgIpc) is 2.56. The van der Waals surface area contributed by atoms with E-state index in [-0.39, 0.29) is 11.9 Å². The maximum Gasteiger partial charge on any atom is 0.155 e. The summed E-state index contributed by atoms with van der Waals surface area (Å²) in [7, 11) is 0. The number of nitrogen functional groups attached to an aromatic ring is 1. The van der Waals surface area contributed by atoms with Crippen molar-refractivity contribution in [3.63, 3.8) is 0 Å². The number of hydrogen-bond donors (Lipinski definition) is 2. The Balaban J connectivity index is 3.32. The van der Waals surface area contributed by atoms with E-state index in [0.29, 0.717) is 11.4 Å². The molecular weight excluding hydrogens is 315 g/mol. The third kappa shape index (κ3) is 2.11. The molecule has 4 nitrogen and oxygen atoms in total. The molecule has 0 aliphatic rings. The summed E-state index contributed by atoms with van der Waals surface area (Å²) < 4.78 is 2.66. The molecule has 1 aromatic rings. The van der Waals surface area contributed by atoms with E-state index in [1.54, 1.807) is 4.57 Å². The first-order valence-corrected chi connectivity index (χ1v) is 5.82. The molecule has 1 unspecified atom stereocenters. The third-order valence-corrected chi connectivity index (χ3v) is 3.15. The minimum Gasteiger partial charge on any atom is -0.384 e. The van der Waals surface area contributed by atoms with Gasteiger partial charge in [0.15, 0.2) is 5.84 Å². The van der Waals surface area contributed by atoms with Gasteiger partial charge in [0.1, 0.15) is 5.82 Å². The van der Waals surface area contributed by atoms with Crippen molar-refractivity contribution < 1.29 is 0 Å². The van der Waals surface area contributed by atoms with Crippen LogP contribution in [0.4, 0.5) is 5.82 Å². The van der Waals surface area contributed by atoms with Crippen LogP contribution in [0.5, 0.6) is 0 Å². The van der Waals surface area contributed by atoms with Crippen LogP contribution in [0.15, 0.2) is 11.2 Å². The largest absolute Gasteiger partial charge is 0.384 e. The summed E-state index contributed by atoms with van der Waals surface area (Å²) in [6.07, 6.45) is 8.07. The SMILES string of the molecule is C#CC(CC)n1cc(I)c(C(=N)N=C)c1N.